The van der Waals surface area contributed by atoms with E-state index in [-0.39, 0.29) is 13.0 Å². The van der Waals surface area contributed by atoms with Crippen molar-refractivity contribution in [2.75, 3.05) is 13.2 Å². The van der Waals surface area contributed by atoms with Gasteiger partial charge in [-0.2, -0.15) is 0 Å². The largest absolute Gasteiger partial charge is 0.454 e. The number of aliphatic hydroxyl groups excluding tert-OH is 5. The highest BCUT2D eigenvalue weighted by molar-refractivity contribution is 5.80. The van der Waals surface area contributed by atoms with E-state index in [4.69, 9.17) is 14.2 Å². The van der Waals surface area contributed by atoms with Crippen molar-refractivity contribution < 1.29 is 49.3 Å². The van der Waals surface area contributed by atoms with Gasteiger partial charge in [0, 0.05) is 6.42 Å². The molecule has 6 N–H and O–H groups in total. The zero-order valence-corrected chi connectivity index (χ0v) is 53.6. The summed E-state index contributed by atoms with van der Waals surface area (Å²) in [5, 5.41) is 57.2. The Morgan fingerprint density at radius 2 is 0.841 bits per heavy atom. The zero-order chi connectivity index (χ0) is 59.6. The van der Waals surface area contributed by atoms with E-state index in [2.05, 4.69) is 50.4 Å². The Bertz CT molecular complexity index is 1470. The highest BCUT2D eigenvalue weighted by Gasteiger charge is 2.47. The maximum absolute atomic E-state index is 13.5. The van der Waals surface area contributed by atoms with E-state index in [0.717, 1.165) is 64.2 Å². The summed E-state index contributed by atoms with van der Waals surface area (Å²) in [6.07, 6.45) is 61.9. The second-order valence-electron chi connectivity index (χ2n) is 24.6. The average molecular weight is 1160 g/mol. The second-order valence-corrected chi connectivity index (χ2v) is 24.6. The molecular formula is C71H133NO10. The molecule has 1 amide bonds. The maximum atomic E-state index is 13.5. The van der Waals surface area contributed by atoms with Gasteiger partial charge in [0.25, 0.3) is 0 Å². The molecule has 1 rings (SSSR count). The van der Waals surface area contributed by atoms with E-state index in [1.54, 1.807) is 6.08 Å². The van der Waals surface area contributed by atoms with Crippen LogP contribution in [0.2, 0.25) is 0 Å². The van der Waals surface area contributed by atoms with Gasteiger partial charge in [0.15, 0.2) is 12.4 Å². The van der Waals surface area contributed by atoms with Crippen LogP contribution in [0.15, 0.2) is 36.5 Å². The monoisotopic (exact) mass is 1160 g/mol. The van der Waals surface area contributed by atoms with E-state index in [0.29, 0.717) is 19.3 Å². The van der Waals surface area contributed by atoms with Gasteiger partial charge in [-0.3, -0.25) is 9.59 Å². The van der Waals surface area contributed by atoms with Crippen LogP contribution in [0.5, 0.6) is 0 Å². The second kappa shape index (κ2) is 59.2. The molecule has 0 radical (unpaired) electrons. The third-order valence-corrected chi connectivity index (χ3v) is 16.8. The number of unbranched alkanes of at least 4 members (excludes halogenated alkanes) is 43. The topological polar surface area (TPSA) is 175 Å². The molecule has 0 saturated carbocycles. The van der Waals surface area contributed by atoms with Crippen LogP contribution in [0.1, 0.15) is 342 Å². The van der Waals surface area contributed by atoms with Gasteiger partial charge in [0.1, 0.15) is 24.4 Å². The first kappa shape index (κ1) is 77.9. The SMILES string of the molecule is CCCCC/C=C\C/C=C\CCCCCCCCCCCCCCCCCCC(O)C(=O)NC(COC1OC(CO)C(O)C(O)C1OC(=O)CCCCCCCCCCCCCCCCC)C(O)/C=C/CCCCCCCCCCCC. The van der Waals surface area contributed by atoms with Crippen molar-refractivity contribution in [3.8, 4) is 0 Å². The molecule has 0 bridgehead atoms. The molecule has 11 nitrogen and oxygen atoms in total. The number of hydrogen-bond acceptors (Lipinski definition) is 10. The average Bonchev–Trinajstić information content (AvgIpc) is 3.68. The van der Waals surface area contributed by atoms with Crippen LogP contribution in [-0.2, 0) is 23.8 Å². The van der Waals surface area contributed by atoms with Crippen molar-refractivity contribution in [3.05, 3.63) is 36.5 Å². The normalized spacial score (nSPS) is 18.8. The molecule has 1 saturated heterocycles. The molecule has 8 atom stereocenters. The Labute approximate surface area is 504 Å². The van der Waals surface area contributed by atoms with Crippen molar-refractivity contribution in [2.24, 2.45) is 0 Å². The van der Waals surface area contributed by atoms with E-state index < -0.39 is 67.4 Å². The van der Waals surface area contributed by atoms with Crippen LogP contribution in [0.4, 0.5) is 0 Å². The molecule has 482 valence electrons. The first-order valence-electron chi connectivity index (χ1n) is 35.3. The Morgan fingerprint density at radius 1 is 0.476 bits per heavy atom. The lowest BCUT2D eigenvalue weighted by Gasteiger charge is -2.41. The number of rotatable bonds is 61. The quantitative estimate of drug-likeness (QED) is 0.0195. The number of esters is 1. The fourth-order valence-electron chi connectivity index (χ4n) is 11.2. The molecule has 1 aliphatic heterocycles. The minimum absolute atomic E-state index is 0.129. The number of hydrogen-bond donors (Lipinski definition) is 6. The molecule has 0 aromatic carbocycles. The van der Waals surface area contributed by atoms with Gasteiger partial charge >= 0.3 is 5.97 Å². The third-order valence-electron chi connectivity index (χ3n) is 16.8. The van der Waals surface area contributed by atoms with Crippen LogP contribution in [-0.4, -0.2) is 99.6 Å². The van der Waals surface area contributed by atoms with Gasteiger partial charge in [-0.1, -0.05) is 314 Å². The summed E-state index contributed by atoms with van der Waals surface area (Å²) in [6, 6.07) is -1.02. The summed E-state index contributed by atoms with van der Waals surface area (Å²) in [7, 11) is 0. The van der Waals surface area contributed by atoms with E-state index in [1.807, 2.05) is 6.08 Å². The van der Waals surface area contributed by atoms with Crippen LogP contribution in [0, 0.1) is 0 Å². The van der Waals surface area contributed by atoms with Gasteiger partial charge in [-0.15, -0.1) is 0 Å². The minimum Gasteiger partial charge on any atom is -0.454 e. The zero-order valence-electron chi connectivity index (χ0n) is 53.6. The van der Waals surface area contributed by atoms with Gasteiger partial charge in [-0.25, -0.2) is 0 Å². The van der Waals surface area contributed by atoms with Crippen LogP contribution < -0.4 is 5.32 Å². The van der Waals surface area contributed by atoms with E-state index in [1.165, 1.54) is 231 Å². The number of aliphatic hydroxyl groups is 5. The summed E-state index contributed by atoms with van der Waals surface area (Å²) in [5.41, 5.74) is 0. The summed E-state index contributed by atoms with van der Waals surface area (Å²) in [6.45, 7) is 5.81. The van der Waals surface area contributed by atoms with E-state index >= 15 is 0 Å². The maximum Gasteiger partial charge on any atom is 0.306 e. The first-order valence-corrected chi connectivity index (χ1v) is 35.3. The third kappa shape index (κ3) is 46.1. The van der Waals surface area contributed by atoms with E-state index in [9.17, 15) is 35.1 Å². The Kier molecular flexibility index (Phi) is 56.3. The van der Waals surface area contributed by atoms with Crippen molar-refractivity contribution >= 4 is 11.9 Å². The minimum atomic E-state index is -1.61. The standard InChI is InChI=1S/C71H133NO10/c1-4-7-10-13-16-19-22-25-27-28-29-30-31-32-33-34-35-36-37-39-40-43-46-49-52-55-58-64(75)70(79)72-62(63(74)57-54-51-48-45-42-24-21-18-15-12-9-6-3)61-80-71-69(68(78)67(77)65(60-73)81-71)82-66(76)59-56-53-50-47-44-41-38-26-23-20-17-14-11-8-5-2/h16,19,25,27,54,57,62-65,67-69,71,73-75,77-78H,4-15,17-18,20-24,26,28-53,55-56,58-61H2,1-3H3,(H,72,79)/b19-16-,27-25-,57-54+. The summed E-state index contributed by atoms with van der Waals surface area (Å²) in [4.78, 5) is 26.6. The molecule has 1 fully saturated rings. The smallest absolute Gasteiger partial charge is 0.306 e. The molecule has 11 heteroatoms. The molecule has 0 spiro atoms. The first-order chi connectivity index (χ1) is 40.2. The number of allylic oxidation sites excluding steroid dienone is 5. The number of ether oxygens (including phenoxy) is 3. The van der Waals surface area contributed by atoms with Crippen molar-refractivity contribution in [3.63, 3.8) is 0 Å². The highest BCUT2D eigenvalue weighted by atomic mass is 16.7. The Morgan fingerprint density at radius 3 is 1.27 bits per heavy atom. The molecule has 1 heterocycles. The van der Waals surface area contributed by atoms with Crippen molar-refractivity contribution in [1.82, 2.24) is 5.32 Å². The molecule has 1 aliphatic rings. The number of amides is 1. The molecule has 0 aliphatic carbocycles. The number of carbonyl (C=O) groups is 2. The lowest BCUT2D eigenvalue weighted by Crippen LogP contribution is -2.61. The molecule has 0 aromatic rings. The lowest BCUT2D eigenvalue weighted by atomic mass is 9.99. The van der Waals surface area contributed by atoms with Gasteiger partial charge in [-0.05, 0) is 57.8 Å². The van der Waals surface area contributed by atoms with Crippen LogP contribution in [0.25, 0.3) is 0 Å². The van der Waals surface area contributed by atoms with Crippen LogP contribution >= 0.6 is 0 Å². The molecule has 82 heavy (non-hydrogen) atoms. The number of carbonyl (C=O) groups excluding carboxylic acids is 2. The fraction of sp³-hybridized carbons (Fsp3) is 0.887. The van der Waals surface area contributed by atoms with Gasteiger partial charge in [0.2, 0.25) is 5.91 Å². The van der Waals surface area contributed by atoms with Gasteiger partial charge < -0.3 is 45.1 Å². The molecular weight excluding hydrogens is 1030 g/mol. The van der Waals surface area contributed by atoms with Crippen LogP contribution in [0.3, 0.4) is 0 Å². The Hall–Kier alpha value is -2.12. The van der Waals surface area contributed by atoms with Gasteiger partial charge in [0.05, 0.1) is 25.4 Å². The fourth-order valence-corrected chi connectivity index (χ4v) is 11.2. The predicted octanol–water partition coefficient (Wildman–Crippen LogP) is 17.8. The Balaban J connectivity index is 2.54. The predicted molar refractivity (Wildman–Crippen MR) is 343 cm³/mol. The summed E-state index contributed by atoms with van der Waals surface area (Å²) < 4.78 is 17.7. The summed E-state index contributed by atoms with van der Waals surface area (Å²) >= 11 is 0. The lowest BCUT2D eigenvalue weighted by molar-refractivity contribution is -0.305. The van der Waals surface area contributed by atoms with Crippen molar-refractivity contribution in [2.45, 2.75) is 391 Å². The highest BCUT2D eigenvalue weighted by Crippen LogP contribution is 2.26. The van der Waals surface area contributed by atoms with Crippen molar-refractivity contribution in [1.29, 1.82) is 0 Å². The number of nitrogens with one attached hydrogen (secondary N) is 1. The summed E-state index contributed by atoms with van der Waals surface area (Å²) in [5.74, 6) is -1.18. The molecule has 0 aromatic heterocycles. The molecule has 8 unspecified atom stereocenters.